The monoisotopic (exact) mass is 378 g/mol. The van der Waals surface area contributed by atoms with Crippen molar-refractivity contribution in [3.8, 4) is 11.1 Å². The minimum Gasteiger partial charge on any atom is -0.322 e. The Balaban J connectivity index is 1.64. The minimum absolute atomic E-state index is 0.0256. The molecule has 1 aliphatic heterocycles. The third-order valence-corrected chi connectivity index (χ3v) is 5.30. The first kappa shape index (κ1) is 18.4. The standard InChI is InChI=1S/C22H23FN4O/c1-15(17-8-9-18(19(23)12-17)16-6-3-2-4-7-16)20-13-21-26(22(28)14-24)10-5-11-27(21)25-20/h2-4,6-9,12-13,15H,5,10-11,14,24H2,1H3. The van der Waals surface area contributed by atoms with Crippen LogP contribution in [0.4, 0.5) is 10.2 Å². The van der Waals surface area contributed by atoms with Crippen molar-refractivity contribution in [2.24, 2.45) is 5.73 Å². The summed E-state index contributed by atoms with van der Waals surface area (Å²) >= 11 is 0. The summed E-state index contributed by atoms with van der Waals surface area (Å²) < 4.78 is 16.6. The van der Waals surface area contributed by atoms with Gasteiger partial charge in [0.15, 0.2) is 0 Å². The highest BCUT2D eigenvalue weighted by Crippen LogP contribution is 2.31. The van der Waals surface area contributed by atoms with E-state index in [-0.39, 0.29) is 24.2 Å². The van der Waals surface area contributed by atoms with Crippen molar-refractivity contribution in [2.75, 3.05) is 18.0 Å². The summed E-state index contributed by atoms with van der Waals surface area (Å²) in [4.78, 5) is 13.8. The van der Waals surface area contributed by atoms with Crippen molar-refractivity contribution in [1.82, 2.24) is 9.78 Å². The lowest BCUT2D eigenvalue weighted by molar-refractivity contribution is -0.117. The maximum atomic E-state index is 14.8. The minimum atomic E-state index is -0.251. The van der Waals surface area contributed by atoms with Crippen LogP contribution in [0.3, 0.4) is 0 Å². The molecule has 2 heterocycles. The third-order valence-electron chi connectivity index (χ3n) is 5.30. The highest BCUT2D eigenvalue weighted by molar-refractivity contribution is 5.94. The fraction of sp³-hybridized carbons (Fsp3) is 0.273. The highest BCUT2D eigenvalue weighted by Gasteiger charge is 2.25. The van der Waals surface area contributed by atoms with Gasteiger partial charge in [0.1, 0.15) is 11.6 Å². The van der Waals surface area contributed by atoms with Gasteiger partial charge in [0.2, 0.25) is 5.91 Å². The van der Waals surface area contributed by atoms with E-state index in [4.69, 9.17) is 5.73 Å². The fourth-order valence-electron chi connectivity index (χ4n) is 3.70. The van der Waals surface area contributed by atoms with Crippen LogP contribution in [0.2, 0.25) is 0 Å². The van der Waals surface area contributed by atoms with Crippen LogP contribution in [0.15, 0.2) is 54.6 Å². The van der Waals surface area contributed by atoms with E-state index >= 15 is 0 Å². The summed E-state index contributed by atoms with van der Waals surface area (Å²) in [5.41, 5.74) is 8.64. The van der Waals surface area contributed by atoms with Gasteiger partial charge in [-0.2, -0.15) is 5.10 Å². The van der Waals surface area contributed by atoms with Crippen LogP contribution in [-0.2, 0) is 11.3 Å². The van der Waals surface area contributed by atoms with Gasteiger partial charge in [-0.05, 0) is 23.6 Å². The number of nitrogens with two attached hydrogens (primary N) is 1. The molecule has 28 heavy (non-hydrogen) atoms. The van der Waals surface area contributed by atoms with Crippen molar-refractivity contribution in [3.63, 3.8) is 0 Å². The van der Waals surface area contributed by atoms with E-state index in [0.29, 0.717) is 12.1 Å². The lowest BCUT2D eigenvalue weighted by Crippen LogP contribution is -2.41. The molecule has 2 aromatic carbocycles. The van der Waals surface area contributed by atoms with Crippen LogP contribution in [0.1, 0.15) is 30.5 Å². The molecule has 0 bridgehead atoms. The lowest BCUT2D eigenvalue weighted by Gasteiger charge is -2.26. The number of benzene rings is 2. The molecular formula is C22H23FN4O. The summed E-state index contributed by atoms with van der Waals surface area (Å²) in [5, 5.41) is 4.66. The quantitative estimate of drug-likeness (QED) is 0.755. The molecule has 0 fully saturated rings. The second-order valence-corrected chi connectivity index (χ2v) is 7.08. The molecule has 6 heteroatoms. The van der Waals surface area contributed by atoms with Crippen LogP contribution < -0.4 is 10.6 Å². The number of aromatic nitrogens is 2. The Morgan fingerprint density at radius 1 is 1.18 bits per heavy atom. The molecule has 4 rings (SSSR count). The number of aryl methyl sites for hydroxylation is 1. The normalized spacial score (nSPS) is 14.6. The summed E-state index contributed by atoms with van der Waals surface area (Å²) in [6.45, 7) is 3.39. The van der Waals surface area contributed by atoms with E-state index in [1.807, 2.05) is 60.1 Å². The van der Waals surface area contributed by atoms with E-state index in [1.165, 1.54) is 0 Å². The number of amides is 1. The Kier molecular flexibility index (Phi) is 4.96. The van der Waals surface area contributed by atoms with Crippen LogP contribution >= 0.6 is 0 Å². The molecule has 1 unspecified atom stereocenters. The molecule has 1 amide bonds. The predicted octanol–water partition coefficient (Wildman–Crippen LogP) is 3.54. The Morgan fingerprint density at radius 3 is 2.68 bits per heavy atom. The van der Waals surface area contributed by atoms with Gasteiger partial charge in [-0.3, -0.25) is 9.69 Å². The summed E-state index contributed by atoms with van der Waals surface area (Å²) in [7, 11) is 0. The van der Waals surface area contributed by atoms with E-state index < -0.39 is 0 Å². The molecule has 1 atom stereocenters. The van der Waals surface area contributed by atoms with Crippen molar-refractivity contribution in [1.29, 1.82) is 0 Å². The first-order chi connectivity index (χ1) is 13.6. The second kappa shape index (κ2) is 7.56. The van der Waals surface area contributed by atoms with Crippen molar-refractivity contribution in [3.05, 3.63) is 71.7 Å². The van der Waals surface area contributed by atoms with Crippen LogP contribution in [0, 0.1) is 5.82 Å². The van der Waals surface area contributed by atoms with Gasteiger partial charge in [-0.1, -0.05) is 49.4 Å². The van der Waals surface area contributed by atoms with Gasteiger partial charge >= 0.3 is 0 Å². The first-order valence-corrected chi connectivity index (χ1v) is 9.51. The largest absolute Gasteiger partial charge is 0.322 e. The van der Waals surface area contributed by atoms with Crippen LogP contribution in [-0.4, -0.2) is 28.8 Å². The second-order valence-electron chi connectivity index (χ2n) is 7.08. The SMILES string of the molecule is CC(c1ccc(-c2ccccc2)c(F)c1)c1cc2n(n1)CCCN2C(=O)CN. The van der Waals surface area contributed by atoms with Gasteiger partial charge in [-0.25, -0.2) is 9.07 Å². The van der Waals surface area contributed by atoms with Gasteiger partial charge in [0.25, 0.3) is 0 Å². The topological polar surface area (TPSA) is 64.2 Å². The summed E-state index contributed by atoms with van der Waals surface area (Å²) in [6.07, 6.45) is 0.842. The number of carbonyl (C=O) groups is 1. The molecule has 3 aromatic rings. The molecule has 144 valence electrons. The average Bonchev–Trinajstić information content (AvgIpc) is 3.17. The molecule has 2 N–H and O–H groups in total. The fourth-order valence-corrected chi connectivity index (χ4v) is 3.70. The molecule has 0 aliphatic carbocycles. The zero-order valence-corrected chi connectivity index (χ0v) is 15.8. The van der Waals surface area contributed by atoms with Gasteiger partial charge in [-0.15, -0.1) is 0 Å². The molecule has 1 aliphatic rings. The maximum Gasteiger partial charge on any atom is 0.241 e. The molecule has 0 saturated carbocycles. The maximum absolute atomic E-state index is 14.8. The zero-order valence-electron chi connectivity index (χ0n) is 15.8. The Hall–Kier alpha value is -2.99. The van der Waals surface area contributed by atoms with E-state index in [0.717, 1.165) is 35.6 Å². The third kappa shape index (κ3) is 3.31. The molecule has 5 nitrogen and oxygen atoms in total. The Morgan fingerprint density at radius 2 is 1.96 bits per heavy atom. The molecule has 1 aromatic heterocycles. The van der Waals surface area contributed by atoms with Gasteiger partial charge < -0.3 is 5.73 Å². The number of nitrogens with zero attached hydrogens (tertiary/aromatic N) is 3. The Bertz CT molecular complexity index is 999. The number of hydrogen-bond acceptors (Lipinski definition) is 3. The molecule has 0 radical (unpaired) electrons. The van der Waals surface area contributed by atoms with Crippen LogP contribution in [0.5, 0.6) is 0 Å². The smallest absolute Gasteiger partial charge is 0.241 e. The van der Waals surface area contributed by atoms with E-state index in [1.54, 1.807) is 11.0 Å². The first-order valence-electron chi connectivity index (χ1n) is 9.51. The van der Waals surface area contributed by atoms with Crippen molar-refractivity contribution in [2.45, 2.75) is 25.8 Å². The summed E-state index contributed by atoms with van der Waals surface area (Å²) in [5.74, 6) is 0.315. The molecule has 0 saturated heterocycles. The highest BCUT2D eigenvalue weighted by atomic mass is 19.1. The lowest BCUT2D eigenvalue weighted by atomic mass is 9.95. The van der Waals surface area contributed by atoms with Crippen LogP contribution in [0.25, 0.3) is 11.1 Å². The molecular weight excluding hydrogens is 355 g/mol. The number of hydrogen-bond donors (Lipinski definition) is 1. The number of halogens is 1. The van der Waals surface area contributed by atoms with Gasteiger partial charge in [0.05, 0.1) is 12.2 Å². The van der Waals surface area contributed by atoms with Gasteiger partial charge in [0, 0.05) is 30.6 Å². The van der Waals surface area contributed by atoms with E-state index in [9.17, 15) is 9.18 Å². The number of carbonyl (C=O) groups excluding carboxylic acids is 1. The predicted molar refractivity (Wildman–Crippen MR) is 108 cm³/mol. The number of fused-ring (bicyclic) bond motifs is 1. The van der Waals surface area contributed by atoms with Crippen molar-refractivity contribution >= 4 is 11.7 Å². The van der Waals surface area contributed by atoms with E-state index in [2.05, 4.69) is 5.10 Å². The molecule has 0 spiro atoms. The summed E-state index contributed by atoms with van der Waals surface area (Å²) in [6, 6.07) is 16.8. The van der Waals surface area contributed by atoms with Crippen molar-refractivity contribution < 1.29 is 9.18 Å². The number of rotatable bonds is 4. The zero-order chi connectivity index (χ0) is 19.7. The Labute approximate surface area is 163 Å². The number of anilines is 1. The average molecular weight is 378 g/mol.